The Hall–Kier alpha value is -2.58. The molecule has 0 radical (unpaired) electrons. The molecule has 0 saturated heterocycles. The molecule has 0 aromatic heterocycles. The van der Waals surface area contributed by atoms with Crippen LogP contribution in [0.1, 0.15) is 55.3 Å². The summed E-state index contributed by atoms with van der Waals surface area (Å²) in [4.78, 5) is 47.4. The molecule has 134 valence electrons. The molecule has 2 amide bonds. The first kappa shape index (κ1) is 19.7. The molecule has 0 aliphatic rings. The minimum Gasteiger partial charge on any atom is -0.366 e. The maximum absolute atomic E-state index is 11.7. The van der Waals surface area contributed by atoms with Crippen LogP contribution in [0.4, 0.5) is 0 Å². The lowest BCUT2D eigenvalue weighted by Gasteiger charge is -2.10. The second-order valence-corrected chi connectivity index (χ2v) is 7.64. The predicted octanol–water partition coefficient (Wildman–Crippen LogP) is 3.09. The number of hydrogen-bond donors (Lipinski definition) is 2. The highest BCUT2D eigenvalue weighted by Gasteiger charge is 2.16. The lowest BCUT2D eigenvalue weighted by molar-refractivity contribution is 0.0986. The van der Waals surface area contributed by atoms with Crippen LogP contribution in [0, 0.1) is 0 Å². The van der Waals surface area contributed by atoms with Crippen molar-refractivity contribution in [3.8, 4) is 0 Å². The molecule has 8 heteroatoms. The van der Waals surface area contributed by atoms with Gasteiger partial charge in [0, 0.05) is 20.9 Å². The van der Waals surface area contributed by atoms with E-state index in [4.69, 9.17) is 11.5 Å². The molecule has 0 aliphatic heterocycles. The second-order valence-electron chi connectivity index (χ2n) is 5.43. The molecule has 0 saturated carbocycles. The number of primary amides is 2. The van der Waals surface area contributed by atoms with Gasteiger partial charge >= 0.3 is 0 Å². The van der Waals surface area contributed by atoms with Crippen molar-refractivity contribution < 1.29 is 19.2 Å². The van der Waals surface area contributed by atoms with E-state index in [1.807, 2.05) is 0 Å². The van der Waals surface area contributed by atoms with Crippen molar-refractivity contribution in [2.24, 2.45) is 11.5 Å². The smallest absolute Gasteiger partial charge is 0.249 e. The predicted molar refractivity (Wildman–Crippen MR) is 102 cm³/mol. The van der Waals surface area contributed by atoms with Gasteiger partial charge in [-0.25, -0.2) is 0 Å². The normalized spacial score (nSPS) is 10.4. The summed E-state index contributed by atoms with van der Waals surface area (Å²) in [5.74, 6) is -1.66. The summed E-state index contributed by atoms with van der Waals surface area (Å²) in [6.07, 6.45) is 0. The molecule has 0 fully saturated rings. The Morgan fingerprint density at radius 1 is 0.692 bits per heavy atom. The molecular weight excluding hydrogens is 372 g/mol. The van der Waals surface area contributed by atoms with Gasteiger partial charge in [-0.15, -0.1) is 0 Å². The first-order valence-electron chi connectivity index (χ1n) is 7.44. The molecule has 2 aromatic rings. The van der Waals surface area contributed by atoms with E-state index in [2.05, 4.69) is 0 Å². The van der Waals surface area contributed by atoms with Crippen LogP contribution < -0.4 is 11.5 Å². The van der Waals surface area contributed by atoms with Crippen LogP contribution in [0.5, 0.6) is 0 Å². The van der Waals surface area contributed by atoms with Gasteiger partial charge in [-0.3, -0.25) is 19.2 Å². The van der Waals surface area contributed by atoms with Gasteiger partial charge < -0.3 is 11.5 Å². The van der Waals surface area contributed by atoms with Gasteiger partial charge in [-0.05, 0) is 38.1 Å². The van der Waals surface area contributed by atoms with Crippen molar-refractivity contribution in [2.45, 2.75) is 23.6 Å². The molecule has 0 bridgehead atoms. The molecule has 6 nitrogen and oxygen atoms in total. The van der Waals surface area contributed by atoms with Gasteiger partial charge in [0.2, 0.25) is 11.8 Å². The minimum absolute atomic E-state index is 0.174. The number of carbonyl (C=O) groups excluding carboxylic acids is 4. The van der Waals surface area contributed by atoms with Crippen LogP contribution >= 0.6 is 21.6 Å². The average molecular weight is 388 g/mol. The highest BCUT2D eigenvalue weighted by molar-refractivity contribution is 8.76. The van der Waals surface area contributed by atoms with Crippen molar-refractivity contribution in [1.82, 2.24) is 0 Å². The molecule has 4 N–H and O–H groups in total. The van der Waals surface area contributed by atoms with E-state index in [0.717, 1.165) is 0 Å². The molecule has 0 heterocycles. The van der Waals surface area contributed by atoms with E-state index in [1.54, 1.807) is 24.3 Å². The van der Waals surface area contributed by atoms with Gasteiger partial charge in [-0.1, -0.05) is 33.7 Å². The summed E-state index contributed by atoms with van der Waals surface area (Å²) in [6, 6.07) is 9.35. The zero-order valence-corrected chi connectivity index (χ0v) is 15.7. The van der Waals surface area contributed by atoms with E-state index < -0.39 is 11.8 Å². The van der Waals surface area contributed by atoms with Gasteiger partial charge in [0.25, 0.3) is 0 Å². The number of amides is 2. The van der Waals surface area contributed by atoms with E-state index in [1.165, 1.54) is 47.6 Å². The van der Waals surface area contributed by atoms with Crippen LogP contribution in [-0.4, -0.2) is 23.4 Å². The Kier molecular flexibility index (Phi) is 6.23. The van der Waals surface area contributed by atoms with Crippen molar-refractivity contribution in [3.05, 3.63) is 58.7 Å². The number of rotatable bonds is 7. The fraction of sp³-hybridized carbons (Fsp3) is 0.111. The molecule has 26 heavy (non-hydrogen) atoms. The topological polar surface area (TPSA) is 120 Å². The number of ketones is 2. The molecule has 0 atom stereocenters. The van der Waals surface area contributed by atoms with E-state index in [0.29, 0.717) is 20.9 Å². The highest BCUT2D eigenvalue weighted by atomic mass is 33.1. The largest absolute Gasteiger partial charge is 0.366 e. The van der Waals surface area contributed by atoms with Crippen LogP contribution in [0.3, 0.4) is 0 Å². The van der Waals surface area contributed by atoms with Gasteiger partial charge in [0.05, 0.1) is 11.1 Å². The number of hydrogen-bond acceptors (Lipinski definition) is 6. The first-order chi connectivity index (χ1) is 12.2. The molecule has 0 unspecified atom stereocenters. The summed E-state index contributed by atoms with van der Waals surface area (Å²) >= 11 is 0. The standard InChI is InChI=1S/C18H16N2O4S2/c1-9(21)11-3-5-15(13(7-11)17(19)23)25-26-16-6-4-12(10(2)22)8-14(16)18(20)24/h3-8H,1-2H3,(H2,19,23)(H2,20,24). The van der Waals surface area contributed by atoms with E-state index in [9.17, 15) is 19.2 Å². The van der Waals surface area contributed by atoms with Crippen molar-refractivity contribution in [3.63, 3.8) is 0 Å². The minimum atomic E-state index is -0.654. The molecule has 2 aromatic carbocycles. The van der Waals surface area contributed by atoms with Crippen LogP contribution in [0.25, 0.3) is 0 Å². The Labute approximate surface area is 158 Å². The Balaban J connectivity index is 2.34. The maximum Gasteiger partial charge on any atom is 0.249 e. The number of Topliss-reactive ketones (excluding diaryl/α,β-unsaturated/α-hetero) is 2. The maximum atomic E-state index is 11.7. The SMILES string of the molecule is CC(=O)c1ccc(SSc2ccc(C(C)=O)cc2C(N)=O)c(C(N)=O)c1. The number of nitrogens with two attached hydrogens (primary N) is 2. The molecular formula is C18H16N2O4S2. The van der Waals surface area contributed by atoms with Crippen LogP contribution in [0.15, 0.2) is 46.2 Å². The quantitative estimate of drug-likeness (QED) is 0.555. The zero-order chi connectivity index (χ0) is 19.4. The lowest BCUT2D eigenvalue weighted by Crippen LogP contribution is -2.13. The highest BCUT2D eigenvalue weighted by Crippen LogP contribution is 2.41. The Morgan fingerprint density at radius 3 is 1.31 bits per heavy atom. The summed E-state index contributed by atoms with van der Waals surface area (Å²) in [7, 11) is 2.41. The van der Waals surface area contributed by atoms with Crippen molar-refractivity contribution >= 4 is 45.0 Å². The fourth-order valence-electron chi connectivity index (χ4n) is 2.12. The summed E-state index contributed by atoms with van der Waals surface area (Å²) in [5, 5.41) is 0. The molecule has 0 spiro atoms. The van der Waals surface area contributed by atoms with Crippen molar-refractivity contribution in [2.75, 3.05) is 0 Å². The number of carbonyl (C=O) groups is 4. The second kappa shape index (κ2) is 8.20. The average Bonchev–Trinajstić information content (AvgIpc) is 2.59. The van der Waals surface area contributed by atoms with E-state index >= 15 is 0 Å². The third-order valence-electron chi connectivity index (χ3n) is 3.52. The lowest BCUT2D eigenvalue weighted by atomic mass is 10.1. The summed E-state index contributed by atoms with van der Waals surface area (Å²) < 4.78 is 0. The first-order valence-corrected chi connectivity index (χ1v) is 9.59. The van der Waals surface area contributed by atoms with Gasteiger partial charge in [-0.2, -0.15) is 0 Å². The summed E-state index contributed by atoms with van der Waals surface area (Å²) in [6.45, 7) is 2.80. The van der Waals surface area contributed by atoms with Crippen molar-refractivity contribution in [1.29, 1.82) is 0 Å². The van der Waals surface area contributed by atoms with Crippen LogP contribution in [0.2, 0.25) is 0 Å². The Bertz CT molecular complexity index is 850. The molecule has 2 rings (SSSR count). The monoisotopic (exact) mass is 388 g/mol. The fourth-order valence-corrected chi connectivity index (χ4v) is 4.45. The van der Waals surface area contributed by atoms with E-state index in [-0.39, 0.29) is 22.7 Å². The third-order valence-corrected chi connectivity index (χ3v) is 6.01. The molecule has 0 aliphatic carbocycles. The van der Waals surface area contributed by atoms with Gasteiger partial charge in [0.1, 0.15) is 0 Å². The number of benzene rings is 2. The summed E-state index contributed by atoms with van der Waals surface area (Å²) in [5.41, 5.74) is 12.0. The zero-order valence-electron chi connectivity index (χ0n) is 14.1. The van der Waals surface area contributed by atoms with Crippen LogP contribution in [-0.2, 0) is 0 Å². The third kappa shape index (κ3) is 4.53. The Morgan fingerprint density at radius 2 is 1.04 bits per heavy atom. The van der Waals surface area contributed by atoms with Gasteiger partial charge in [0.15, 0.2) is 11.6 Å².